The van der Waals surface area contributed by atoms with Gasteiger partial charge < -0.3 is 13.9 Å². The second-order valence-electron chi connectivity index (χ2n) is 6.55. The van der Waals surface area contributed by atoms with Gasteiger partial charge in [-0.2, -0.15) is 9.52 Å². The molecule has 0 unspecified atom stereocenters. The summed E-state index contributed by atoms with van der Waals surface area (Å²) in [5.41, 5.74) is 1.67. The van der Waals surface area contributed by atoms with Crippen molar-refractivity contribution in [3.05, 3.63) is 53.1 Å². The number of aromatic nitrogens is 1. The number of methoxy groups -OCH3 is 2. The molecule has 3 heterocycles. The molecule has 1 aliphatic heterocycles. The van der Waals surface area contributed by atoms with E-state index in [1.807, 2.05) is 0 Å². The molecule has 1 atom stereocenters. The SMILES string of the molecule is COc1cc2cc([C@H]3CC(c4ccco4)=NN3S(C)(=O)=O)c(Cl)nc2cc1OC. The lowest BCUT2D eigenvalue weighted by Gasteiger charge is -2.22. The lowest BCUT2D eigenvalue weighted by atomic mass is 10.0. The highest BCUT2D eigenvalue weighted by Gasteiger charge is 2.37. The van der Waals surface area contributed by atoms with Crippen molar-refractivity contribution in [2.75, 3.05) is 20.5 Å². The van der Waals surface area contributed by atoms with Gasteiger partial charge in [-0.1, -0.05) is 11.6 Å². The number of furan rings is 1. The number of benzene rings is 1. The fourth-order valence-electron chi connectivity index (χ4n) is 3.35. The second kappa shape index (κ2) is 7.23. The maximum absolute atomic E-state index is 12.4. The highest BCUT2D eigenvalue weighted by molar-refractivity contribution is 7.88. The fourth-order valence-corrected chi connectivity index (χ4v) is 4.51. The van der Waals surface area contributed by atoms with Crippen LogP contribution in [0.25, 0.3) is 10.9 Å². The zero-order chi connectivity index (χ0) is 20.8. The van der Waals surface area contributed by atoms with E-state index < -0.39 is 16.1 Å². The van der Waals surface area contributed by atoms with Crippen LogP contribution in [0.15, 0.2) is 46.1 Å². The molecule has 0 N–H and O–H groups in total. The predicted octanol–water partition coefficient (Wildman–Crippen LogP) is 3.61. The van der Waals surface area contributed by atoms with Crippen LogP contribution >= 0.6 is 11.6 Å². The number of hydrogen-bond acceptors (Lipinski definition) is 7. The van der Waals surface area contributed by atoms with Gasteiger partial charge in [-0.3, -0.25) is 0 Å². The molecule has 0 amide bonds. The van der Waals surface area contributed by atoms with Gasteiger partial charge in [-0.05, 0) is 24.3 Å². The summed E-state index contributed by atoms with van der Waals surface area (Å²) in [5.74, 6) is 1.57. The van der Waals surface area contributed by atoms with Crippen molar-refractivity contribution in [1.82, 2.24) is 9.40 Å². The monoisotopic (exact) mass is 435 g/mol. The summed E-state index contributed by atoms with van der Waals surface area (Å²) in [4.78, 5) is 4.44. The van der Waals surface area contributed by atoms with Crippen molar-refractivity contribution in [3.8, 4) is 11.5 Å². The summed E-state index contributed by atoms with van der Waals surface area (Å²) in [6.07, 6.45) is 2.92. The molecule has 4 rings (SSSR count). The van der Waals surface area contributed by atoms with Crippen LogP contribution in [0, 0.1) is 0 Å². The minimum atomic E-state index is -3.64. The first-order chi connectivity index (χ1) is 13.8. The molecule has 0 saturated heterocycles. The number of hydrogen-bond donors (Lipinski definition) is 0. The Kier molecular flexibility index (Phi) is 4.87. The third kappa shape index (κ3) is 3.51. The van der Waals surface area contributed by atoms with Crippen LogP contribution in [0.5, 0.6) is 11.5 Å². The molecule has 0 aliphatic carbocycles. The lowest BCUT2D eigenvalue weighted by Crippen LogP contribution is -2.26. The first-order valence-electron chi connectivity index (χ1n) is 8.64. The standard InChI is InChI=1S/C19H18ClN3O5S/c1-26-17-8-11-7-12(19(20)21-13(11)10-18(17)27-2)15-9-14(16-5-4-6-28-16)22-23(15)29(3,24)25/h4-8,10,15H,9H2,1-3H3/t15-/m1/s1. The number of halogens is 1. The first kappa shape index (κ1) is 19.5. The molecule has 1 aromatic carbocycles. The van der Waals surface area contributed by atoms with Gasteiger partial charge in [0.2, 0.25) is 10.0 Å². The molecule has 1 aliphatic rings. The second-order valence-corrected chi connectivity index (χ2v) is 8.75. The van der Waals surface area contributed by atoms with Crippen molar-refractivity contribution in [3.63, 3.8) is 0 Å². The average molecular weight is 436 g/mol. The van der Waals surface area contributed by atoms with Gasteiger partial charge in [-0.25, -0.2) is 13.4 Å². The average Bonchev–Trinajstić information content (AvgIpc) is 3.35. The summed E-state index contributed by atoms with van der Waals surface area (Å²) < 4.78 is 41.9. The molecule has 3 aromatic rings. The molecule has 0 fully saturated rings. The Bertz CT molecular complexity index is 1210. The largest absolute Gasteiger partial charge is 0.493 e. The topological polar surface area (TPSA) is 94.2 Å². The van der Waals surface area contributed by atoms with E-state index in [1.54, 1.807) is 37.4 Å². The Morgan fingerprint density at radius 2 is 1.93 bits per heavy atom. The summed E-state index contributed by atoms with van der Waals surface area (Å²) >= 11 is 6.46. The molecule has 2 aromatic heterocycles. The van der Waals surface area contributed by atoms with Gasteiger partial charge in [0.1, 0.15) is 16.6 Å². The smallest absolute Gasteiger partial charge is 0.247 e. The summed E-state index contributed by atoms with van der Waals surface area (Å²) in [5, 5.41) is 5.21. The maximum Gasteiger partial charge on any atom is 0.247 e. The van der Waals surface area contributed by atoms with E-state index in [2.05, 4.69) is 10.1 Å². The van der Waals surface area contributed by atoms with Gasteiger partial charge in [0.05, 0.1) is 38.3 Å². The number of fused-ring (bicyclic) bond motifs is 1. The van der Waals surface area contributed by atoms with Crippen LogP contribution in [0.3, 0.4) is 0 Å². The molecular weight excluding hydrogens is 418 g/mol. The van der Waals surface area contributed by atoms with E-state index in [4.69, 9.17) is 25.5 Å². The van der Waals surface area contributed by atoms with Crippen LogP contribution in [0.2, 0.25) is 5.15 Å². The number of hydrazone groups is 1. The number of rotatable bonds is 5. The Labute approximate surface area is 172 Å². The Morgan fingerprint density at radius 3 is 2.55 bits per heavy atom. The van der Waals surface area contributed by atoms with E-state index in [0.717, 1.165) is 16.1 Å². The zero-order valence-electron chi connectivity index (χ0n) is 15.9. The van der Waals surface area contributed by atoms with Gasteiger partial charge >= 0.3 is 0 Å². The Balaban J connectivity index is 1.83. The summed E-state index contributed by atoms with van der Waals surface area (Å²) in [7, 11) is -0.565. The number of ether oxygens (including phenoxy) is 2. The van der Waals surface area contributed by atoms with Crippen molar-refractivity contribution in [2.45, 2.75) is 12.5 Å². The molecular formula is C19H18ClN3O5S. The van der Waals surface area contributed by atoms with Crippen molar-refractivity contribution in [2.24, 2.45) is 5.10 Å². The van der Waals surface area contributed by atoms with Crippen LogP contribution in [0.1, 0.15) is 23.8 Å². The first-order valence-corrected chi connectivity index (χ1v) is 10.9. The minimum Gasteiger partial charge on any atom is -0.493 e. The molecule has 0 bridgehead atoms. The number of sulfonamides is 1. The molecule has 0 saturated carbocycles. The maximum atomic E-state index is 12.4. The number of pyridine rings is 1. The lowest BCUT2D eigenvalue weighted by molar-refractivity contribution is 0.355. The van der Waals surface area contributed by atoms with Crippen LogP contribution in [-0.2, 0) is 10.0 Å². The Morgan fingerprint density at radius 1 is 1.21 bits per heavy atom. The normalized spacial score (nSPS) is 16.9. The highest BCUT2D eigenvalue weighted by atomic mass is 35.5. The van der Waals surface area contributed by atoms with Gasteiger partial charge in [0.15, 0.2) is 11.5 Å². The third-order valence-electron chi connectivity index (χ3n) is 4.68. The van der Waals surface area contributed by atoms with Crippen molar-refractivity contribution in [1.29, 1.82) is 0 Å². The molecule has 152 valence electrons. The third-order valence-corrected chi connectivity index (χ3v) is 6.00. The van der Waals surface area contributed by atoms with Crippen LogP contribution in [0.4, 0.5) is 0 Å². The van der Waals surface area contributed by atoms with E-state index in [0.29, 0.717) is 40.5 Å². The molecule has 8 nitrogen and oxygen atoms in total. The molecule has 0 radical (unpaired) electrons. The van der Waals surface area contributed by atoms with Gasteiger partial charge in [0.25, 0.3) is 0 Å². The highest BCUT2D eigenvalue weighted by Crippen LogP contribution is 2.40. The number of nitrogens with zero attached hydrogens (tertiary/aromatic N) is 3. The van der Waals surface area contributed by atoms with Gasteiger partial charge in [0, 0.05) is 23.4 Å². The van der Waals surface area contributed by atoms with E-state index in [9.17, 15) is 8.42 Å². The predicted molar refractivity (Wildman–Crippen MR) is 109 cm³/mol. The van der Waals surface area contributed by atoms with Gasteiger partial charge in [-0.15, -0.1) is 0 Å². The Hall–Kier alpha value is -2.78. The van der Waals surface area contributed by atoms with E-state index >= 15 is 0 Å². The van der Waals surface area contributed by atoms with E-state index in [-0.39, 0.29) is 5.15 Å². The van der Waals surface area contributed by atoms with Crippen LogP contribution < -0.4 is 9.47 Å². The molecule has 29 heavy (non-hydrogen) atoms. The minimum absolute atomic E-state index is 0.194. The quantitative estimate of drug-likeness (QED) is 0.568. The van der Waals surface area contributed by atoms with E-state index in [1.165, 1.54) is 13.4 Å². The zero-order valence-corrected chi connectivity index (χ0v) is 17.5. The molecule has 10 heteroatoms. The summed E-state index contributed by atoms with van der Waals surface area (Å²) in [6.45, 7) is 0. The van der Waals surface area contributed by atoms with Crippen molar-refractivity contribution >= 4 is 38.2 Å². The fraction of sp³-hybridized carbons (Fsp3) is 0.263. The van der Waals surface area contributed by atoms with Crippen molar-refractivity contribution < 1.29 is 22.3 Å². The summed E-state index contributed by atoms with van der Waals surface area (Å²) in [6, 6.07) is 8.12. The van der Waals surface area contributed by atoms with Crippen LogP contribution in [-0.4, -0.2) is 44.0 Å². The molecule has 0 spiro atoms.